The van der Waals surface area contributed by atoms with Gasteiger partial charge in [0.05, 0.1) is 4.47 Å². The van der Waals surface area contributed by atoms with E-state index in [0.717, 1.165) is 29.2 Å². The SMILES string of the molecule is CC1CCC2(CCN(c3ncc(Br)c4nccn34)CC2)[C@@H]1N. The summed E-state index contributed by atoms with van der Waals surface area (Å²) in [5.41, 5.74) is 7.80. The van der Waals surface area contributed by atoms with Gasteiger partial charge in [-0.15, -0.1) is 0 Å². The molecule has 1 saturated carbocycles. The first-order valence-electron chi connectivity index (χ1n) is 8.09. The Hall–Kier alpha value is -1.14. The van der Waals surface area contributed by atoms with E-state index >= 15 is 0 Å². The molecule has 5 nitrogen and oxygen atoms in total. The van der Waals surface area contributed by atoms with Crippen molar-refractivity contribution in [1.82, 2.24) is 14.4 Å². The minimum absolute atomic E-state index is 0.360. The first-order chi connectivity index (χ1) is 10.6. The summed E-state index contributed by atoms with van der Waals surface area (Å²) in [6, 6.07) is 0.362. The molecule has 2 aliphatic rings. The molecule has 0 bridgehead atoms. The number of nitrogens with zero attached hydrogens (tertiary/aromatic N) is 4. The second kappa shape index (κ2) is 5.20. The highest BCUT2D eigenvalue weighted by atomic mass is 79.9. The van der Waals surface area contributed by atoms with Crippen LogP contribution in [0.15, 0.2) is 23.1 Å². The van der Waals surface area contributed by atoms with Crippen molar-refractivity contribution in [1.29, 1.82) is 0 Å². The van der Waals surface area contributed by atoms with Crippen LogP contribution in [0.4, 0.5) is 5.95 Å². The quantitative estimate of drug-likeness (QED) is 0.846. The molecule has 3 heterocycles. The van der Waals surface area contributed by atoms with Gasteiger partial charge in [-0.1, -0.05) is 6.92 Å². The van der Waals surface area contributed by atoms with Gasteiger partial charge in [0.2, 0.25) is 5.95 Å². The highest BCUT2D eigenvalue weighted by molar-refractivity contribution is 9.10. The number of hydrogen-bond donors (Lipinski definition) is 1. The molecule has 1 saturated heterocycles. The van der Waals surface area contributed by atoms with E-state index in [9.17, 15) is 0 Å². The van der Waals surface area contributed by atoms with Crippen molar-refractivity contribution in [3.05, 3.63) is 23.1 Å². The van der Waals surface area contributed by atoms with E-state index in [1.54, 1.807) is 0 Å². The van der Waals surface area contributed by atoms with Gasteiger partial charge < -0.3 is 10.6 Å². The molecule has 1 unspecified atom stereocenters. The number of piperidine rings is 1. The van der Waals surface area contributed by atoms with Crippen LogP contribution < -0.4 is 10.6 Å². The highest BCUT2D eigenvalue weighted by Gasteiger charge is 2.46. The van der Waals surface area contributed by atoms with Gasteiger partial charge >= 0.3 is 0 Å². The lowest BCUT2D eigenvalue weighted by Crippen LogP contribution is -2.48. The van der Waals surface area contributed by atoms with Crippen molar-refractivity contribution in [3.63, 3.8) is 0 Å². The summed E-state index contributed by atoms with van der Waals surface area (Å²) in [4.78, 5) is 11.4. The number of hydrogen-bond acceptors (Lipinski definition) is 4. The van der Waals surface area contributed by atoms with Crippen LogP contribution >= 0.6 is 15.9 Å². The fraction of sp³-hybridized carbons (Fsp3) is 0.625. The third kappa shape index (κ3) is 2.07. The molecule has 2 fully saturated rings. The Morgan fingerprint density at radius 1 is 1.27 bits per heavy atom. The Labute approximate surface area is 139 Å². The molecule has 2 aromatic rings. The highest BCUT2D eigenvalue weighted by Crippen LogP contribution is 2.48. The number of fused-ring (bicyclic) bond motifs is 1. The van der Waals surface area contributed by atoms with Gasteiger partial charge in [0.25, 0.3) is 0 Å². The zero-order chi connectivity index (χ0) is 15.3. The van der Waals surface area contributed by atoms with Crippen molar-refractivity contribution in [2.75, 3.05) is 18.0 Å². The van der Waals surface area contributed by atoms with E-state index in [2.05, 4.69) is 42.1 Å². The fourth-order valence-corrected chi connectivity index (χ4v) is 4.71. The van der Waals surface area contributed by atoms with E-state index in [4.69, 9.17) is 5.73 Å². The smallest absolute Gasteiger partial charge is 0.211 e. The number of anilines is 1. The molecule has 1 spiro atoms. The molecule has 22 heavy (non-hydrogen) atoms. The molecule has 2 atom stereocenters. The van der Waals surface area contributed by atoms with E-state index in [0.29, 0.717) is 17.4 Å². The summed E-state index contributed by atoms with van der Waals surface area (Å²) in [5, 5.41) is 0. The van der Waals surface area contributed by atoms with Crippen LogP contribution in [-0.4, -0.2) is 33.5 Å². The minimum atomic E-state index is 0.360. The molecule has 4 rings (SSSR count). The van der Waals surface area contributed by atoms with E-state index in [1.807, 2.05) is 18.6 Å². The Balaban J connectivity index is 1.59. The summed E-state index contributed by atoms with van der Waals surface area (Å²) in [6.07, 6.45) is 10.6. The van der Waals surface area contributed by atoms with Crippen LogP contribution in [0, 0.1) is 11.3 Å². The normalized spacial score (nSPS) is 27.9. The molecule has 0 aromatic carbocycles. The Bertz CT molecular complexity index is 689. The number of aromatic nitrogens is 3. The monoisotopic (exact) mass is 363 g/mol. The van der Waals surface area contributed by atoms with E-state index in [1.165, 1.54) is 25.7 Å². The average Bonchev–Trinajstić information content (AvgIpc) is 3.12. The molecule has 2 N–H and O–H groups in total. The van der Waals surface area contributed by atoms with Crippen LogP contribution in [-0.2, 0) is 0 Å². The molecular weight excluding hydrogens is 342 g/mol. The summed E-state index contributed by atoms with van der Waals surface area (Å²) < 4.78 is 3.00. The van der Waals surface area contributed by atoms with Gasteiger partial charge in [-0.05, 0) is 52.9 Å². The van der Waals surface area contributed by atoms with Crippen molar-refractivity contribution in [3.8, 4) is 0 Å². The van der Waals surface area contributed by atoms with E-state index < -0.39 is 0 Å². The molecule has 0 radical (unpaired) electrons. The van der Waals surface area contributed by atoms with Gasteiger partial charge in [-0.25, -0.2) is 9.97 Å². The van der Waals surface area contributed by atoms with Crippen molar-refractivity contribution in [2.45, 2.75) is 38.6 Å². The van der Waals surface area contributed by atoms with Crippen LogP contribution in [0.2, 0.25) is 0 Å². The topological polar surface area (TPSA) is 59.5 Å². The van der Waals surface area contributed by atoms with Crippen molar-refractivity contribution >= 4 is 27.5 Å². The Kier molecular flexibility index (Phi) is 3.42. The van der Waals surface area contributed by atoms with Crippen LogP contribution in [0.5, 0.6) is 0 Å². The average molecular weight is 364 g/mol. The lowest BCUT2D eigenvalue weighted by atomic mass is 9.73. The summed E-state index contributed by atoms with van der Waals surface area (Å²) in [5.74, 6) is 1.66. The lowest BCUT2D eigenvalue weighted by molar-refractivity contribution is 0.185. The predicted molar refractivity (Wildman–Crippen MR) is 90.9 cm³/mol. The maximum Gasteiger partial charge on any atom is 0.211 e. The van der Waals surface area contributed by atoms with Crippen molar-refractivity contribution < 1.29 is 0 Å². The number of rotatable bonds is 1. The van der Waals surface area contributed by atoms with Gasteiger partial charge in [0, 0.05) is 37.7 Å². The van der Waals surface area contributed by atoms with Gasteiger partial charge in [-0.3, -0.25) is 4.40 Å². The van der Waals surface area contributed by atoms with Crippen LogP contribution in [0.1, 0.15) is 32.6 Å². The second-order valence-electron chi connectivity index (χ2n) is 6.92. The predicted octanol–water partition coefficient (Wildman–Crippen LogP) is 2.84. The molecule has 0 amide bonds. The molecule has 1 aliphatic carbocycles. The Morgan fingerprint density at radius 2 is 2.05 bits per heavy atom. The van der Waals surface area contributed by atoms with Crippen LogP contribution in [0.25, 0.3) is 5.65 Å². The first-order valence-corrected chi connectivity index (χ1v) is 8.88. The summed E-state index contributed by atoms with van der Waals surface area (Å²) >= 11 is 3.52. The third-order valence-electron chi connectivity index (χ3n) is 5.82. The fourth-order valence-electron chi connectivity index (χ4n) is 4.31. The molecular formula is C16H22BrN5. The summed E-state index contributed by atoms with van der Waals surface area (Å²) in [7, 11) is 0. The van der Waals surface area contributed by atoms with E-state index in [-0.39, 0.29) is 0 Å². The maximum absolute atomic E-state index is 6.51. The molecule has 2 aromatic heterocycles. The first kappa shape index (κ1) is 14.5. The Morgan fingerprint density at radius 3 is 2.73 bits per heavy atom. The second-order valence-corrected chi connectivity index (χ2v) is 7.77. The van der Waals surface area contributed by atoms with Crippen LogP contribution in [0.3, 0.4) is 0 Å². The number of halogens is 1. The molecule has 118 valence electrons. The largest absolute Gasteiger partial charge is 0.342 e. The molecule has 1 aliphatic heterocycles. The number of imidazole rings is 1. The van der Waals surface area contributed by atoms with Gasteiger partial charge in [0.1, 0.15) is 0 Å². The number of nitrogens with two attached hydrogens (primary N) is 1. The lowest BCUT2D eigenvalue weighted by Gasteiger charge is -2.43. The van der Waals surface area contributed by atoms with Gasteiger partial charge in [0.15, 0.2) is 5.65 Å². The minimum Gasteiger partial charge on any atom is -0.342 e. The zero-order valence-electron chi connectivity index (χ0n) is 12.9. The zero-order valence-corrected chi connectivity index (χ0v) is 14.5. The third-order valence-corrected chi connectivity index (χ3v) is 6.38. The van der Waals surface area contributed by atoms with Gasteiger partial charge in [-0.2, -0.15) is 0 Å². The summed E-state index contributed by atoms with van der Waals surface area (Å²) in [6.45, 7) is 4.36. The van der Waals surface area contributed by atoms with Crippen molar-refractivity contribution in [2.24, 2.45) is 17.1 Å². The molecule has 6 heteroatoms. The standard InChI is InChI=1S/C16H22BrN5/c1-11-2-3-16(13(11)18)4-7-21(8-5-16)15-20-10-12(17)14-19-6-9-22(14)15/h6,9-11,13H,2-5,7-8,18H2,1H3/t11?,13-/m1/s1. The maximum atomic E-state index is 6.51.